The molecule has 5 nitrogen and oxygen atoms in total. The smallest absolute Gasteiger partial charge is 0.252 e. The summed E-state index contributed by atoms with van der Waals surface area (Å²) in [4.78, 5) is 14.6. The van der Waals surface area contributed by atoms with Crippen LogP contribution in [-0.4, -0.2) is 49.7 Å². The standard InChI is InChI=1S/C14H22N2O3S2/c1-3-12-6-7-14(20-12)21(18,19)16-9-5-8-15(10-11-16)13(17)4-2/h6-7H,3-5,8-11H2,1-2H3. The van der Waals surface area contributed by atoms with Crippen molar-refractivity contribution in [3.05, 3.63) is 17.0 Å². The lowest BCUT2D eigenvalue weighted by Gasteiger charge is -2.21. The van der Waals surface area contributed by atoms with Gasteiger partial charge < -0.3 is 4.90 Å². The van der Waals surface area contributed by atoms with Gasteiger partial charge in [0.25, 0.3) is 10.0 Å². The van der Waals surface area contributed by atoms with Crippen LogP contribution in [0.1, 0.15) is 31.6 Å². The van der Waals surface area contributed by atoms with Crippen molar-refractivity contribution in [2.45, 2.75) is 37.3 Å². The lowest BCUT2D eigenvalue weighted by atomic mass is 10.3. The van der Waals surface area contributed by atoms with Gasteiger partial charge in [0.05, 0.1) is 0 Å². The van der Waals surface area contributed by atoms with E-state index >= 15 is 0 Å². The topological polar surface area (TPSA) is 57.7 Å². The third-order valence-electron chi connectivity index (χ3n) is 3.69. The molecule has 2 heterocycles. The molecule has 0 aromatic carbocycles. The summed E-state index contributed by atoms with van der Waals surface area (Å²) in [5.74, 6) is 0.0960. The first-order valence-electron chi connectivity index (χ1n) is 7.35. The fraction of sp³-hybridized carbons (Fsp3) is 0.643. The minimum Gasteiger partial charge on any atom is -0.341 e. The lowest BCUT2D eigenvalue weighted by molar-refractivity contribution is -0.130. The fourth-order valence-electron chi connectivity index (χ4n) is 2.42. The van der Waals surface area contributed by atoms with Crippen molar-refractivity contribution in [2.24, 2.45) is 0 Å². The van der Waals surface area contributed by atoms with Crippen molar-refractivity contribution in [1.82, 2.24) is 9.21 Å². The minimum atomic E-state index is -3.42. The summed E-state index contributed by atoms with van der Waals surface area (Å²) in [5, 5.41) is 0. The zero-order chi connectivity index (χ0) is 15.5. The Balaban J connectivity index is 2.12. The maximum absolute atomic E-state index is 12.6. The fourth-order valence-corrected chi connectivity index (χ4v) is 5.34. The molecule has 0 spiro atoms. The quantitative estimate of drug-likeness (QED) is 0.848. The van der Waals surface area contributed by atoms with E-state index in [1.807, 2.05) is 19.9 Å². The van der Waals surface area contributed by atoms with E-state index in [9.17, 15) is 13.2 Å². The van der Waals surface area contributed by atoms with Gasteiger partial charge in [-0.3, -0.25) is 4.79 Å². The lowest BCUT2D eigenvalue weighted by Crippen LogP contribution is -2.36. The molecule has 0 aliphatic carbocycles. The highest BCUT2D eigenvalue weighted by molar-refractivity contribution is 7.91. The van der Waals surface area contributed by atoms with Gasteiger partial charge in [-0.25, -0.2) is 8.42 Å². The molecule has 1 fully saturated rings. The zero-order valence-electron chi connectivity index (χ0n) is 12.5. The molecule has 0 saturated carbocycles. The number of nitrogens with zero attached hydrogens (tertiary/aromatic N) is 2. The molecule has 2 rings (SSSR count). The van der Waals surface area contributed by atoms with Crippen molar-refractivity contribution in [1.29, 1.82) is 0 Å². The zero-order valence-corrected chi connectivity index (χ0v) is 14.2. The third kappa shape index (κ3) is 3.64. The first-order chi connectivity index (χ1) is 9.98. The summed E-state index contributed by atoms with van der Waals surface area (Å²) in [5.41, 5.74) is 0. The van der Waals surface area contributed by atoms with Gasteiger partial charge in [0.2, 0.25) is 5.91 Å². The Bertz CT molecular complexity index is 595. The van der Waals surface area contributed by atoms with Gasteiger partial charge in [-0.2, -0.15) is 4.31 Å². The van der Waals surface area contributed by atoms with E-state index in [1.165, 1.54) is 15.6 Å². The first kappa shape index (κ1) is 16.5. The Morgan fingerprint density at radius 1 is 1.19 bits per heavy atom. The molecule has 0 bridgehead atoms. The number of carbonyl (C=O) groups excluding carboxylic acids is 1. The monoisotopic (exact) mass is 330 g/mol. The molecular formula is C14H22N2O3S2. The van der Waals surface area contributed by atoms with Crippen LogP contribution in [0.5, 0.6) is 0 Å². The molecule has 0 unspecified atom stereocenters. The Morgan fingerprint density at radius 3 is 2.57 bits per heavy atom. The first-order valence-corrected chi connectivity index (χ1v) is 9.61. The van der Waals surface area contributed by atoms with E-state index in [4.69, 9.17) is 0 Å². The van der Waals surface area contributed by atoms with Crippen LogP contribution in [0.3, 0.4) is 0 Å². The van der Waals surface area contributed by atoms with Crippen LogP contribution in [0.4, 0.5) is 0 Å². The normalized spacial score (nSPS) is 17.7. The summed E-state index contributed by atoms with van der Waals surface area (Å²) >= 11 is 1.34. The Labute approximate surface area is 130 Å². The summed E-state index contributed by atoms with van der Waals surface area (Å²) in [7, 11) is -3.42. The van der Waals surface area contributed by atoms with Gasteiger partial charge in [0.1, 0.15) is 4.21 Å². The summed E-state index contributed by atoms with van der Waals surface area (Å²) < 4.78 is 27.2. The second-order valence-electron chi connectivity index (χ2n) is 5.07. The van der Waals surface area contributed by atoms with Gasteiger partial charge in [-0.05, 0) is 25.0 Å². The average Bonchev–Trinajstić information content (AvgIpc) is 2.83. The van der Waals surface area contributed by atoms with Crippen LogP contribution >= 0.6 is 11.3 Å². The Kier molecular flexibility index (Phi) is 5.40. The Morgan fingerprint density at radius 2 is 1.95 bits per heavy atom. The summed E-state index contributed by atoms with van der Waals surface area (Å²) in [6.07, 6.45) is 2.01. The molecule has 1 aliphatic heterocycles. The average molecular weight is 330 g/mol. The molecule has 1 aliphatic rings. The predicted molar refractivity (Wildman–Crippen MR) is 83.9 cm³/mol. The molecule has 0 radical (unpaired) electrons. The molecule has 1 saturated heterocycles. The number of thiophene rings is 1. The van der Waals surface area contributed by atoms with Crippen LogP contribution in [0.25, 0.3) is 0 Å². The number of sulfonamides is 1. The van der Waals surface area contributed by atoms with Crippen molar-refractivity contribution >= 4 is 27.3 Å². The van der Waals surface area contributed by atoms with Crippen LogP contribution in [0.15, 0.2) is 16.3 Å². The van der Waals surface area contributed by atoms with Crippen molar-refractivity contribution in [3.63, 3.8) is 0 Å². The van der Waals surface area contributed by atoms with E-state index in [0.717, 1.165) is 11.3 Å². The van der Waals surface area contributed by atoms with Gasteiger partial charge in [0.15, 0.2) is 0 Å². The molecule has 7 heteroatoms. The van der Waals surface area contributed by atoms with E-state index in [1.54, 1.807) is 11.0 Å². The molecule has 1 aromatic rings. The molecular weight excluding hydrogens is 308 g/mol. The van der Waals surface area contributed by atoms with Crippen LogP contribution in [0, 0.1) is 0 Å². The highest BCUT2D eigenvalue weighted by atomic mass is 32.2. The number of rotatable bonds is 4. The second kappa shape index (κ2) is 6.89. The van der Waals surface area contributed by atoms with E-state index in [2.05, 4.69) is 0 Å². The van der Waals surface area contributed by atoms with Crippen LogP contribution < -0.4 is 0 Å². The highest BCUT2D eigenvalue weighted by Gasteiger charge is 2.28. The van der Waals surface area contributed by atoms with Crippen molar-refractivity contribution < 1.29 is 13.2 Å². The third-order valence-corrected chi connectivity index (χ3v) is 7.29. The summed E-state index contributed by atoms with van der Waals surface area (Å²) in [6, 6.07) is 3.57. The van der Waals surface area contributed by atoms with E-state index in [-0.39, 0.29) is 5.91 Å². The second-order valence-corrected chi connectivity index (χ2v) is 8.40. The van der Waals surface area contributed by atoms with Crippen LogP contribution in [-0.2, 0) is 21.2 Å². The Hall–Kier alpha value is -0.920. The number of hydrogen-bond donors (Lipinski definition) is 0. The van der Waals surface area contributed by atoms with Gasteiger partial charge in [-0.15, -0.1) is 11.3 Å². The molecule has 21 heavy (non-hydrogen) atoms. The SMILES string of the molecule is CCC(=O)N1CCCN(S(=O)(=O)c2ccc(CC)s2)CC1. The molecule has 0 N–H and O–H groups in total. The summed E-state index contributed by atoms with van der Waals surface area (Å²) in [6.45, 7) is 5.84. The van der Waals surface area contributed by atoms with Crippen LogP contribution in [0.2, 0.25) is 0 Å². The maximum Gasteiger partial charge on any atom is 0.252 e. The maximum atomic E-state index is 12.6. The number of aryl methyl sites for hydroxylation is 1. The number of amides is 1. The van der Waals surface area contributed by atoms with Gasteiger partial charge in [0, 0.05) is 37.5 Å². The molecule has 1 amide bonds. The predicted octanol–water partition coefficient (Wildman–Crippen LogP) is 1.94. The molecule has 0 atom stereocenters. The highest BCUT2D eigenvalue weighted by Crippen LogP contribution is 2.26. The van der Waals surface area contributed by atoms with Gasteiger partial charge in [-0.1, -0.05) is 13.8 Å². The number of hydrogen-bond acceptors (Lipinski definition) is 4. The largest absolute Gasteiger partial charge is 0.341 e. The molecule has 1 aromatic heterocycles. The minimum absolute atomic E-state index is 0.0960. The van der Waals surface area contributed by atoms with Crippen molar-refractivity contribution in [2.75, 3.05) is 26.2 Å². The van der Waals surface area contributed by atoms with Crippen molar-refractivity contribution in [3.8, 4) is 0 Å². The number of carbonyl (C=O) groups is 1. The van der Waals surface area contributed by atoms with Gasteiger partial charge >= 0.3 is 0 Å². The molecule has 118 valence electrons. The van der Waals surface area contributed by atoms with E-state index in [0.29, 0.717) is 43.2 Å². The van der Waals surface area contributed by atoms with E-state index < -0.39 is 10.0 Å².